The van der Waals surface area contributed by atoms with Gasteiger partial charge in [-0.25, -0.2) is 0 Å². The second-order valence-electron chi connectivity index (χ2n) is 15.0. The van der Waals surface area contributed by atoms with Gasteiger partial charge in [0, 0.05) is 32.1 Å². The Balaban J connectivity index is 1.57. The summed E-state index contributed by atoms with van der Waals surface area (Å²) in [5.41, 5.74) is 3.67. The molecule has 3 saturated carbocycles. The molecule has 0 amide bonds. The van der Waals surface area contributed by atoms with Gasteiger partial charge >= 0.3 is 17.9 Å². The van der Waals surface area contributed by atoms with E-state index in [1.165, 1.54) is 39.2 Å². The second-order valence-corrected chi connectivity index (χ2v) is 15.0. The molecule has 0 unspecified atom stereocenters. The van der Waals surface area contributed by atoms with Crippen LogP contribution in [-0.4, -0.2) is 24.5 Å². The summed E-state index contributed by atoms with van der Waals surface area (Å²) < 4.78 is 16.8. The first-order valence-electron chi connectivity index (χ1n) is 15.3. The summed E-state index contributed by atoms with van der Waals surface area (Å²) in [4.78, 5) is 35.7. The largest absolute Gasteiger partial charge is 0.465 e. The molecule has 0 aromatic carbocycles. The Morgan fingerprint density at radius 2 is 1.49 bits per heavy atom. The van der Waals surface area contributed by atoms with Gasteiger partial charge in [0.05, 0.1) is 6.61 Å². The Hall–Kier alpha value is -2.63. The molecule has 5 rings (SSSR count). The summed E-state index contributed by atoms with van der Waals surface area (Å²) in [6, 6.07) is 0. The number of fused-ring (bicyclic) bond motifs is 7. The summed E-state index contributed by atoms with van der Waals surface area (Å²) >= 11 is 0. The van der Waals surface area contributed by atoms with E-state index in [0.29, 0.717) is 24.0 Å². The van der Waals surface area contributed by atoms with Crippen molar-refractivity contribution in [1.82, 2.24) is 0 Å². The van der Waals surface area contributed by atoms with E-state index in [0.717, 1.165) is 43.3 Å². The van der Waals surface area contributed by atoms with Gasteiger partial charge in [0.15, 0.2) is 11.5 Å². The predicted octanol–water partition coefficient (Wildman–Crippen LogP) is 7.75. The molecule has 6 nitrogen and oxygen atoms in total. The highest BCUT2D eigenvalue weighted by Crippen LogP contribution is 2.75. The fourth-order valence-electron chi connectivity index (χ4n) is 9.68. The minimum atomic E-state index is -0.436. The maximum atomic E-state index is 12.1. The molecule has 5 aliphatic rings. The maximum absolute atomic E-state index is 12.1. The average molecular weight is 565 g/mol. The molecule has 7 atom stereocenters. The molecular formula is C35H48O6. The van der Waals surface area contributed by atoms with E-state index in [2.05, 4.69) is 46.8 Å². The number of allylic oxidation sites excluding steroid dienone is 6. The number of hydrogen-bond donors (Lipinski definition) is 0. The topological polar surface area (TPSA) is 78.9 Å². The van der Waals surface area contributed by atoms with Crippen LogP contribution >= 0.6 is 0 Å². The molecule has 41 heavy (non-hydrogen) atoms. The summed E-state index contributed by atoms with van der Waals surface area (Å²) in [6.07, 6.45) is 14.4. The third-order valence-corrected chi connectivity index (χ3v) is 12.3. The van der Waals surface area contributed by atoms with Crippen molar-refractivity contribution in [1.29, 1.82) is 0 Å². The van der Waals surface area contributed by atoms with Crippen molar-refractivity contribution in [2.24, 2.45) is 38.9 Å². The van der Waals surface area contributed by atoms with Gasteiger partial charge in [0.25, 0.3) is 0 Å². The number of rotatable bonds is 4. The van der Waals surface area contributed by atoms with Crippen LogP contribution in [0.5, 0.6) is 0 Å². The van der Waals surface area contributed by atoms with E-state index >= 15 is 0 Å². The zero-order valence-electron chi connectivity index (χ0n) is 26.5. The van der Waals surface area contributed by atoms with E-state index in [9.17, 15) is 14.4 Å². The summed E-state index contributed by atoms with van der Waals surface area (Å²) in [6.45, 7) is 19.0. The summed E-state index contributed by atoms with van der Waals surface area (Å²) in [7, 11) is 0. The van der Waals surface area contributed by atoms with E-state index in [1.54, 1.807) is 0 Å². The van der Waals surface area contributed by atoms with Crippen LogP contribution in [0.4, 0.5) is 0 Å². The van der Waals surface area contributed by atoms with Gasteiger partial charge in [-0.1, -0.05) is 52.3 Å². The molecule has 5 aliphatic carbocycles. The number of ether oxygens (including phenoxy) is 3. The Morgan fingerprint density at radius 1 is 0.829 bits per heavy atom. The molecule has 0 bridgehead atoms. The van der Waals surface area contributed by atoms with Crippen molar-refractivity contribution >= 4 is 17.9 Å². The minimum absolute atomic E-state index is 0.00485. The summed E-state index contributed by atoms with van der Waals surface area (Å²) in [5, 5.41) is 0. The Kier molecular flexibility index (Phi) is 7.07. The van der Waals surface area contributed by atoms with E-state index < -0.39 is 11.9 Å². The molecular weight excluding hydrogens is 516 g/mol. The number of esters is 3. The third-order valence-electron chi connectivity index (χ3n) is 12.3. The molecule has 0 aliphatic heterocycles. The second kappa shape index (κ2) is 9.70. The monoisotopic (exact) mass is 564 g/mol. The SMILES string of the molecule is CC(=O)OC[C@]1(C)CC[C@]2(C)CC[C@]3(C)C4=CC=C5C(C)=C(OC(C)=O)C(OC(C)=O)=C[C@H]5[C@]4(C)CC[C@@]3(C)[C@@H]2C1. The van der Waals surface area contributed by atoms with Crippen LogP contribution < -0.4 is 0 Å². The molecule has 0 aromatic rings. The van der Waals surface area contributed by atoms with Crippen LogP contribution in [0, 0.1) is 38.9 Å². The first-order chi connectivity index (χ1) is 19.0. The number of carbonyl (C=O) groups excluding carboxylic acids is 3. The molecule has 0 saturated heterocycles. The molecule has 0 aromatic heterocycles. The molecule has 3 fully saturated rings. The van der Waals surface area contributed by atoms with Crippen molar-refractivity contribution in [3.63, 3.8) is 0 Å². The molecule has 224 valence electrons. The van der Waals surface area contributed by atoms with Gasteiger partial charge in [-0.2, -0.15) is 0 Å². The molecule has 0 N–H and O–H groups in total. The van der Waals surface area contributed by atoms with Gasteiger partial charge < -0.3 is 14.2 Å². The van der Waals surface area contributed by atoms with Crippen LogP contribution in [0.1, 0.15) is 107 Å². The molecule has 0 radical (unpaired) electrons. The lowest BCUT2D eigenvalue weighted by molar-refractivity contribution is -0.175. The minimum Gasteiger partial charge on any atom is -0.465 e. The fourth-order valence-corrected chi connectivity index (χ4v) is 9.68. The highest BCUT2D eigenvalue weighted by atomic mass is 16.6. The average Bonchev–Trinajstić information content (AvgIpc) is 2.88. The maximum Gasteiger partial charge on any atom is 0.308 e. The predicted molar refractivity (Wildman–Crippen MR) is 157 cm³/mol. The van der Waals surface area contributed by atoms with Crippen LogP contribution in [0.15, 0.2) is 46.5 Å². The van der Waals surface area contributed by atoms with Gasteiger partial charge in [0.1, 0.15) is 0 Å². The Morgan fingerprint density at radius 3 is 2.12 bits per heavy atom. The van der Waals surface area contributed by atoms with E-state index in [1.807, 2.05) is 13.0 Å². The zero-order valence-corrected chi connectivity index (χ0v) is 26.5. The quantitative estimate of drug-likeness (QED) is 0.257. The van der Waals surface area contributed by atoms with Crippen LogP contribution in [-0.2, 0) is 28.6 Å². The zero-order chi connectivity index (χ0) is 30.2. The Bertz CT molecular complexity index is 1320. The molecule has 6 heteroatoms. The first-order valence-corrected chi connectivity index (χ1v) is 15.3. The van der Waals surface area contributed by atoms with Gasteiger partial charge in [-0.15, -0.1) is 0 Å². The van der Waals surface area contributed by atoms with Crippen LogP contribution in [0.3, 0.4) is 0 Å². The van der Waals surface area contributed by atoms with Gasteiger partial charge in [-0.3, -0.25) is 14.4 Å². The van der Waals surface area contributed by atoms with Crippen molar-refractivity contribution in [2.75, 3.05) is 6.61 Å². The van der Waals surface area contributed by atoms with E-state index in [-0.39, 0.29) is 39.0 Å². The molecule has 0 heterocycles. The normalized spacial score (nSPS) is 41.3. The number of hydrogen-bond acceptors (Lipinski definition) is 6. The number of carbonyl (C=O) groups is 3. The lowest BCUT2D eigenvalue weighted by Crippen LogP contribution is -2.62. The fraction of sp³-hybridized carbons (Fsp3) is 0.686. The van der Waals surface area contributed by atoms with Gasteiger partial charge in [0.2, 0.25) is 0 Å². The third kappa shape index (κ3) is 4.55. The highest BCUT2D eigenvalue weighted by molar-refractivity contribution is 5.72. The summed E-state index contributed by atoms with van der Waals surface area (Å²) in [5.74, 6) is 0.164. The lowest BCUT2D eigenvalue weighted by atomic mass is 9.34. The van der Waals surface area contributed by atoms with Gasteiger partial charge in [-0.05, 0) is 96.7 Å². The highest BCUT2D eigenvalue weighted by Gasteiger charge is 2.67. The lowest BCUT2D eigenvalue weighted by Gasteiger charge is -2.70. The van der Waals surface area contributed by atoms with Crippen molar-refractivity contribution in [3.8, 4) is 0 Å². The van der Waals surface area contributed by atoms with Crippen molar-refractivity contribution in [3.05, 3.63) is 46.5 Å². The van der Waals surface area contributed by atoms with Crippen molar-refractivity contribution < 1.29 is 28.6 Å². The van der Waals surface area contributed by atoms with E-state index in [4.69, 9.17) is 14.2 Å². The van der Waals surface area contributed by atoms with Crippen LogP contribution in [0.25, 0.3) is 0 Å². The van der Waals surface area contributed by atoms with Crippen molar-refractivity contribution in [2.45, 2.75) is 107 Å². The van der Waals surface area contributed by atoms with Crippen LogP contribution in [0.2, 0.25) is 0 Å². The molecule has 0 spiro atoms. The first kappa shape index (κ1) is 29.8. The standard InChI is InChI=1S/C35H48O6/c1-21-25-10-11-28-33(7,26(25)18-27(40-23(3)37)30(21)41-24(4)38)15-17-35(9)29-19-31(5,20-39-22(2)36)12-13-32(29,6)14-16-34(28,35)8/h10-11,18,26,29H,12-17,19-20H2,1-9H3/t26-,29-,31-,32-,33+,34-,35+/m1/s1. The Labute approximate surface area is 245 Å². The smallest absolute Gasteiger partial charge is 0.308 e.